The molecule has 0 saturated carbocycles. The van der Waals surface area contributed by atoms with Crippen molar-refractivity contribution in [2.45, 2.75) is 38.8 Å². The first-order valence-corrected chi connectivity index (χ1v) is 13.7. The van der Waals surface area contributed by atoms with Gasteiger partial charge in [0.15, 0.2) is 5.57 Å². The van der Waals surface area contributed by atoms with Crippen molar-refractivity contribution < 1.29 is 14.4 Å². The van der Waals surface area contributed by atoms with E-state index in [0.717, 1.165) is 24.2 Å². The third-order valence-corrected chi connectivity index (χ3v) is 7.44. The Morgan fingerprint density at radius 3 is 2.73 bits per heavy atom. The summed E-state index contributed by atoms with van der Waals surface area (Å²) in [6.45, 7) is 2.49. The molecule has 0 aliphatic carbocycles. The zero-order valence-electron chi connectivity index (χ0n) is 22.8. The van der Waals surface area contributed by atoms with Crippen LogP contribution in [0.15, 0.2) is 40.8 Å². The lowest BCUT2D eigenvalue weighted by molar-refractivity contribution is -0.127. The molecule has 12 nitrogen and oxygen atoms in total. The van der Waals surface area contributed by atoms with Crippen LogP contribution in [0.4, 0.5) is 11.4 Å². The van der Waals surface area contributed by atoms with Crippen LogP contribution in [-0.4, -0.2) is 59.9 Å². The Hall–Kier alpha value is -4.90. The first-order chi connectivity index (χ1) is 19.7. The number of rotatable bonds is 9. The second kappa shape index (κ2) is 14.5. The summed E-state index contributed by atoms with van der Waals surface area (Å²) in [5.41, 5.74) is 11.6. The van der Waals surface area contributed by atoms with Crippen molar-refractivity contribution in [2.24, 2.45) is 5.73 Å². The predicted molar refractivity (Wildman–Crippen MR) is 155 cm³/mol. The largest absolute Gasteiger partial charge is 0.368 e. The molecule has 0 radical (unpaired) electrons. The van der Waals surface area contributed by atoms with Gasteiger partial charge in [-0.25, -0.2) is 0 Å². The Kier molecular flexibility index (Phi) is 10.8. The number of aromatic nitrogens is 1. The summed E-state index contributed by atoms with van der Waals surface area (Å²) in [6.07, 6.45) is 3.91. The van der Waals surface area contributed by atoms with Gasteiger partial charge in [0, 0.05) is 31.2 Å². The molecule has 1 saturated heterocycles. The van der Waals surface area contributed by atoms with Crippen LogP contribution >= 0.6 is 11.3 Å². The maximum Gasteiger partial charge on any atom is 0.277 e. The number of nitrogens with two attached hydrogens (primary N) is 1. The van der Waals surface area contributed by atoms with E-state index in [2.05, 4.69) is 22.1 Å². The van der Waals surface area contributed by atoms with Crippen LogP contribution < -0.4 is 36.0 Å². The number of nitrogens with zero attached hydrogens (tertiary/aromatic N) is 5. The first-order valence-electron chi connectivity index (χ1n) is 12.9. The van der Waals surface area contributed by atoms with Crippen molar-refractivity contribution in [3.8, 4) is 12.1 Å². The summed E-state index contributed by atoms with van der Waals surface area (Å²) < 4.78 is 1.86. The summed E-state index contributed by atoms with van der Waals surface area (Å²) in [5.74, 6) is -1.35. The fourth-order valence-electron chi connectivity index (χ4n) is 4.25. The van der Waals surface area contributed by atoms with Crippen molar-refractivity contribution in [3.63, 3.8) is 0 Å². The highest BCUT2D eigenvalue weighted by Gasteiger charge is 2.29. The second-order valence-electron chi connectivity index (χ2n) is 9.06. The number of likely N-dealkylation sites (N-methyl/N-ethyl adjacent to an activating group) is 1. The van der Waals surface area contributed by atoms with Gasteiger partial charge in [-0.3, -0.25) is 28.6 Å². The number of nitriles is 2. The molecule has 41 heavy (non-hydrogen) atoms. The lowest BCUT2D eigenvalue weighted by Crippen LogP contribution is -2.51. The van der Waals surface area contributed by atoms with Gasteiger partial charge in [0.1, 0.15) is 21.8 Å². The van der Waals surface area contributed by atoms with Gasteiger partial charge in [-0.1, -0.05) is 35.3 Å². The number of hydrogen-bond donors (Lipinski definition) is 3. The molecule has 1 aliphatic rings. The van der Waals surface area contributed by atoms with Gasteiger partial charge in [0.25, 0.3) is 11.5 Å². The van der Waals surface area contributed by atoms with Crippen LogP contribution in [0.2, 0.25) is 0 Å². The summed E-state index contributed by atoms with van der Waals surface area (Å²) in [7, 11) is 1.66. The Balaban J connectivity index is 1.83. The van der Waals surface area contributed by atoms with Gasteiger partial charge < -0.3 is 21.3 Å². The number of thiazole rings is 1. The minimum atomic E-state index is -0.757. The monoisotopic (exact) mass is 574 g/mol. The van der Waals surface area contributed by atoms with Gasteiger partial charge in [-0.05, 0) is 44.5 Å². The number of likely N-dealkylation sites (tertiary alicyclic amines) is 1. The predicted octanol–water partition coefficient (Wildman–Crippen LogP) is -0.293. The number of nitrogens with one attached hydrogen (secondary N) is 2. The van der Waals surface area contributed by atoms with Gasteiger partial charge in [-0.2, -0.15) is 10.5 Å². The standard InChI is InChI=1S/C28H30N8O4S/c1-3-36-25(15-19(17-30)27(39)33-13-11-29)41-23(28(36)40)10-12-32-20-7-6-8-21(16-20)34(2)24(37)18-35-14-5-4-9-22(35)26(31)38/h6-8,12,16,22,32H,3-5,9,13-14,18H2,1-2H3,(H2,31,38)(H,33,39). The molecule has 212 valence electrons. The van der Waals surface area contributed by atoms with Crippen LogP contribution in [0, 0.1) is 22.7 Å². The summed E-state index contributed by atoms with van der Waals surface area (Å²) >= 11 is 1.01. The molecule has 1 atom stereocenters. The Morgan fingerprint density at radius 2 is 2.05 bits per heavy atom. The lowest BCUT2D eigenvalue weighted by atomic mass is 10.0. The molecule has 3 rings (SSSR count). The second-order valence-corrected chi connectivity index (χ2v) is 10.1. The molecule has 3 amide bonds. The quantitative estimate of drug-likeness (QED) is 0.208. The molecule has 2 heterocycles. The smallest absolute Gasteiger partial charge is 0.277 e. The van der Waals surface area contributed by atoms with Gasteiger partial charge in [0.2, 0.25) is 11.8 Å². The molecular weight excluding hydrogens is 544 g/mol. The summed E-state index contributed by atoms with van der Waals surface area (Å²) in [6, 6.07) is 10.2. The average Bonchev–Trinajstić information content (AvgIpc) is 3.27. The van der Waals surface area contributed by atoms with Crippen LogP contribution in [0.1, 0.15) is 26.2 Å². The van der Waals surface area contributed by atoms with Gasteiger partial charge >= 0.3 is 0 Å². The third kappa shape index (κ3) is 7.83. The molecule has 2 aromatic rings. The number of carbonyl (C=O) groups excluding carboxylic acids is 3. The Labute approximate surface area is 240 Å². The zero-order chi connectivity index (χ0) is 29.9. The van der Waals surface area contributed by atoms with E-state index in [1.54, 1.807) is 50.4 Å². The van der Waals surface area contributed by atoms with Crippen molar-refractivity contribution in [1.29, 1.82) is 10.5 Å². The van der Waals surface area contributed by atoms with E-state index in [1.165, 1.54) is 15.7 Å². The number of piperidine rings is 1. The minimum absolute atomic E-state index is 0.0822. The number of amides is 3. The molecule has 4 N–H and O–H groups in total. The third-order valence-electron chi connectivity index (χ3n) is 6.43. The summed E-state index contributed by atoms with van der Waals surface area (Å²) in [5, 5.41) is 23.3. The molecule has 0 bridgehead atoms. The maximum atomic E-state index is 13.0. The van der Waals surface area contributed by atoms with Crippen molar-refractivity contribution in [1.82, 2.24) is 14.8 Å². The van der Waals surface area contributed by atoms with Crippen molar-refractivity contribution in [3.05, 3.63) is 55.6 Å². The average molecular weight is 575 g/mol. The van der Waals surface area contributed by atoms with Crippen molar-refractivity contribution >= 4 is 51.9 Å². The highest BCUT2D eigenvalue weighted by molar-refractivity contribution is 7.07. The Bertz CT molecular complexity index is 1670. The number of primary amides is 1. The molecule has 13 heteroatoms. The van der Waals surface area contributed by atoms with E-state index < -0.39 is 17.9 Å². The fraction of sp³-hybridized carbons (Fsp3) is 0.357. The van der Waals surface area contributed by atoms with Crippen LogP contribution in [0.25, 0.3) is 11.5 Å². The van der Waals surface area contributed by atoms with E-state index in [9.17, 15) is 24.4 Å². The van der Waals surface area contributed by atoms with Crippen LogP contribution in [-0.2, 0) is 20.9 Å². The fourth-order valence-corrected chi connectivity index (χ4v) is 5.23. The van der Waals surface area contributed by atoms with Crippen LogP contribution in [0.3, 0.4) is 0 Å². The number of carbonyl (C=O) groups is 3. The SMILES string of the molecule is CCn1c(=C=C(C#N)C(=O)NCC#N)sc(=C=CNc2cccc(N(C)C(=O)CN3CCCCC3C(N)=O)c2)c1=O. The summed E-state index contributed by atoms with van der Waals surface area (Å²) in [4.78, 5) is 53.0. The number of benzene rings is 1. The van der Waals surface area contributed by atoms with E-state index in [0.29, 0.717) is 24.3 Å². The van der Waals surface area contributed by atoms with Crippen molar-refractivity contribution in [2.75, 3.05) is 36.9 Å². The highest BCUT2D eigenvalue weighted by atomic mass is 32.1. The number of hydrogen-bond acceptors (Lipinski definition) is 9. The molecule has 1 aliphatic heterocycles. The first kappa shape index (κ1) is 30.6. The number of anilines is 2. The molecule has 1 fully saturated rings. The molecule has 1 aromatic carbocycles. The van der Waals surface area contributed by atoms with E-state index >= 15 is 0 Å². The van der Waals surface area contributed by atoms with Gasteiger partial charge in [-0.15, -0.1) is 0 Å². The lowest BCUT2D eigenvalue weighted by Gasteiger charge is -2.34. The Morgan fingerprint density at radius 1 is 1.27 bits per heavy atom. The van der Waals surface area contributed by atoms with E-state index in [1.807, 2.05) is 4.90 Å². The zero-order valence-corrected chi connectivity index (χ0v) is 23.6. The normalized spacial score (nSPS) is 14.4. The maximum absolute atomic E-state index is 13.0. The highest BCUT2D eigenvalue weighted by Crippen LogP contribution is 2.21. The molecule has 1 aromatic heterocycles. The van der Waals surface area contributed by atoms with Gasteiger partial charge in [0.05, 0.1) is 18.7 Å². The van der Waals surface area contributed by atoms with Crippen LogP contribution in [0.5, 0.6) is 0 Å². The molecular formula is C28H30N8O4S. The topological polar surface area (TPSA) is 177 Å². The molecule has 1 unspecified atom stereocenters. The minimum Gasteiger partial charge on any atom is -0.368 e. The molecule has 0 spiro atoms. The van der Waals surface area contributed by atoms with E-state index in [4.69, 9.17) is 11.0 Å². The van der Waals surface area contributed by atoms with E-state index in [-0.39, 0.29) is 45.9 Å².